The highest BCUT2D eigenvalue weighted by atomic mass is 32.2. The first kappa shape index (κ1) is 30.0. The van der Waals surface area contributed by atoms with Crippen molar-refractivity contribution in [3.63, 3.8) is 0 Å². The summed E-state index contributed by atoms with van der Waals surface area (Å²) >= 11 is 1.37. The molecule has 0 saturated carbocycles. The van der Waals surface area contributed by atoms with Gasteiger partial charge < -0.3 is 25.4 Å². The zero-order valence-corrected chi connectivity index (χ0v) is 24.1. The summed E-state index contributed by atoms with van der Waals surface area (Å²) in [4.78, 5) is 39.5. The Kier molecular flexibility index (Phi) is 10.8. The summed E-state index contributed by atoms with van der Waals surface area (Å²) in [7, 11) is 1.54. The molecular weight excluding hydrogens is 550 g/mol. The number of hydrogen-bond donors (Lipinski definition) is 3. The zero-order valence-electron chi connectivity index (χ0n) is 23.3. The van der Waals surface area contributed by atoms with E-state index in [0.717, 1.165) is 10.6 Å². The normalized spacial score (nSPS) is 10.9. The third kappa shape index (κ3) is 8.74. The second-order valence-corrected chi connectivity index (χ2v) is 9.94. The van der Waals surface area contributed by atoms with Crippen molar-refractivity contribution in [2.24, 2.45) is 0 Å². The van der Waals surface area contributed by atoms with E-state index < -0.39 is 11.8 Å². The molecule has 0 fully saturated rings. The molecule has 0 radical (unpaired) electrons. The van der Waals surface area contributed by atoms with Crippen molar-refractivity contribution in [1.82, 2.24) is 5.32 Å². The highest BCUT2D eigenvalue weighted by molar-refractivity contribution is 8.00. The van der Waals surface area contributed by atoms with Gasteiger partial charge in [-0.05, 0) is 79.7 Å². The Balaban J connectivity index is 1.39. The quantitative estimate of drug-likeness (QED) is 0.135. The van der Waals surface area contributed by atoms with Crippen molar-refractivity contribution in [3.8, 4) is 11.5 Å². The molecule has 42 heavy (non-hydrogen) atoms. The van der Waals surface area contributed by atoms with Crippen molar-refractivity contribution in [1.29, 1.82) is 0 Å². The van der Waals surface area contributed by atoms with E-state index in [0.29, 0.717) is 34.9 Å². The summed E-state index contributed by atoms with van der Waals surface area (Å²) in [6.07, 6.45) is 1.57. The van der Waals surface area contributed by atoms with Gasteiger partial charge in [0.05, 0.1) is 19.5 Å². The number of amides is 3. The maximum absolute atomic E-state index is 13.3. The molecule has 4 rings (SSSR count). The molecule has 0 atom stereocenters. The highest BCUT2D eigenvalue weighted by Crippen LogP contribution is 2.23. The lowest BCUT2D eigenvalue weighted by atomic mass is 10.1. The van der Waals surface area contributed by atoms with Crippen LogP contribution in [0.25, 0.3) is 6.08 Å². The largest absolute Gasteiger partial charge is 0.496 e. The van der Waals surface area contributed by atoms with Gasteiger partial charge in [-0.25, -0.2) is 0 Å². The lowest BCUT2D eigenvalue weighted by molar-refractivity contribution is -0.114. The second-order valence-electron chi connectivity index (χ2n) is 8.89. The van der Waals surface area contributed by atoms with Crippen LogP contribution in [0.3, 0.4) is 0 Å². The first-order chi connectivity index (χ1) is 20.4. The number of hydrogen-bond acceptors (Lipinski definition) is 6. The summed E-state index contributed by atoms with van der Waals surface area (Å²) in [6.45, 7) is 2.49. The molecule has 8 nitrogen and oxygen atoms in total. The number of anilines is 2. The lowest BCUT2D eigenvalue weighted by Gasteiger charge is -2.13. The van der Waals surface area contributed by atoms with Gasteiger partial charge in [0.25, 0.3) is 11.8 Å². The van der Waals surface area contributed by atoms with Crippen LogP contribution >= 0.6 is 11.8 Å². The van der Waals surface area contributed by atoms with E-state index >= 15 is 0 Å². The summed E-state index contributed by atoms with van der Waals surface area (Å²) in [5.41, 5.74) is 2.33. The van der Waals surface area contributed by atoms with Gasteiger partial charge in [-0.15, -0.1) is 11.8 Å². The molecular formula is C33H31N3O5S. The summed E-state index contributed by atoms with van der Waals surface area (Å²) in [5, 5.41) is 8.42. The fourth-order valence-electron chi connectivity index (χ4n) is 3.86. The highest BCUT2D eigenvalue weighted by Gasteiger charge is 2.16. The van der Waals surface area contributed by atoms with Crippen LogP contribution < -0.4 is 25.4 Å². The first-order valence-electron chi connectivity index (χ1n) is 13.2. The zero-order chi connectivity index (χ0) is 29.7. The van der Waals surface area contributed by atoms with E-state index in [2.05, 4.69) is 16.0 Å². The molecule has 3 N–H and O–H groups in total. The molecule has 4 aromatic rings. The van der Waals surface area contributed by atoms with E-state index in [-0.39, 0.29) is 17.4 Å². The van der Waals surface area contributed by atoms with Gasteiger partial charge in [-0.2, -0.15) is 0 Å². The van der Waals surface area contributed by atoms with Gasteiger partial charge in [0, 0.05) is 27.4 Å². The minimum atomic E-state index is -0.500. The maximum Gasteiger partial charge on any atom is 0.272 e. The van der Waals surface area contributed by atoms with Crippen LogP contribution in [0.15, 0.2) is 114 Å². The summed E-state index contributed by atoms with van der Waals surface area (Å²) in [6, 6.07) is 30.2. The van der Waals surface area contributed by atoms with Crippen molar-refractivity contribution < 1.29 is 23.9 Å². The minimum absolute atomic E-state index is 0.0535. The summed E-state index contributed by atoms with van der Waals surface area (Å²) in [5.74, 6) is 0.475. The fourth-order valence-corrected chi connectivity index (χ4v) is 4.56. The van der Waals surface area contributed by atoms with Crippen LogP contribution in [-0.4, -0.2) is 37.2 Å². The molecule has 0 saturated heterocycles. The number of ether oxygens (including phenoxy) is 2. The van der Waals surface area contributed by atoms with Crippen LogP contribution in [0.4, 0.5) is 11.4 Å². The lowest BCUT2D eigenvalue weighted by Crippen LogP contribution is -2.30. The molecule has 3 amide bonds. The van der Waals surface area contributed by atoms with Crippen LogP contribution in [-0.2, 0) is 9.59 Å². The van der Waals surface area contributed by atoms with Gasteiger partial charge in [0.2, 0.25) is 5.91 Å². The SMILES string of the molecule is CCOc1ccc(NC(=O)CSc2ccc(NC(=O)/C(=C/c3ccccc3OC)NC(=O)c3ccccc3)cc2)cc1. The van der Waals surface area contributed by atoms with Crippen molar-refractivity contribution in [2.45, 2.75) is 11.8 Å². The minimum Gasteiger partial charge on any atom is -0.496 e. The van der Waals surface area contributed by atoms with Crippen LogP contribution in [0.2, 0.25) is 0 Å². The van der Waals surface area contributed by atoms with Crippen molar-refractivity contribution in [2.75, 3.05) is 30.1 Å². The molecule has 0 heterocycles. The number of carbonyl (C=O) groups excluding carboxylic acids is 3. The predicted octanol–water partition coefficient (Wildman–Crippen LogP) is 6.23. The number of methoxy groups -OCH3 is 1. The predicted molar refractivity (Wildman–Crippen MR) is 167 cm³/mol. The number of thioether (sulfide) groups is 1. The topological polar surface area (TPSA) is 106 Å². The maximum atomic E-state index is 13.3. The van der Waals surface area contributed by atoms with Crippen molar-refractivity contribution in [3.05, 3.63) is 120 Å². The third-order valence-corrected chi connectivity index (χ3v) is 6.91. The van der Waals surface area contributed by atoms with E-state index in [1.807, 2.05) is 49.4 Å². The Morgan fingerprint density at radius 1 is 0.786 bits per heavy atom. The molecule has 0 aliphatic heterocycles. The Morgan fingerprint density at radius 3 is 2.12 bits per heavy atom. The summed E-state index contributed by atoms with van der Waals surface area (Å²) < 4.78 is 10.8. The van der Waals surface area contributed by atoms with Gasteiger partial charge in [-0.1, -0.05) is 36.4 Å². The Hall–Kier alpha value is -5.02. The van der Waals surface area contributed by atoms with Gasteiger partial charge in [0.1, 0.15) is 17.2 Å². The number of nitrogens with one attached hydrogen (secondary N) is 3. The monoisotopic (exact) mass is 581 g/mol. The Labute approximate surface area is 249 Å². The van der Waals surface area contributed by atoms with E-state index in [4.69, 9.17) is 9.47 Å². The molecule has 4 aromatic carbocycles. The first-order valence-corrected chi connectivity index (χ1v) is 14.2. The standard InChI is InChI=1S/C33H31N3O5S/c1-3-41-27-17-13-25(14-18-27)34-31(37)22-42-28-19-15-26(16-20-28)35-33(39)29(21-24-11-7-8-12-30(24)40-2)36-32(38)23-9-5-4-6-10-23/h4-21H,3,22H2,1-2H3,(H,34,37)(H,35,39)(H,36,38)/b29-21-. The smallest absolute Gasteiger partial charge is 0.272 e. The van der Waals surface area contributed by atoms with Gasteiger partial charge in [-0.3, -0.25) is 14.4 Å². The number of benzene rings is 4. The van der Waals surface area contributed by atoms with Gasteiger partial charge >= 0.3 is 0 Å². The van der Waals surface area contributed by atoms with E-state index in [9.17, 15) is 14.4 Å². The molecule has 0 bridgehead atoms. The average molecular weight is 582 g/mol. The average Bonchev–Trinajstić information content (AvgIpc) is 3.02. The number of carbonyl (C=O) groups is 3. The van der Waals surface area contributed by atoms with Crippen molar-refractivity contribution >= 4 is 46.9 Å². The van der Waals surface area contributed by atoms with E-state index in [1.54, 1.807) is 66.7 Å². The van der Waals surface area contributed by atoms with Crippen LogP contribution in [0, 0.1) is 0 Å². The molecule has 0 aliphatic carbocycles. The van der Waals surface area contributed by atoms with Gasteiger partial charge in [0.15, 0.2) is 0 Å². The second kappa shape index (κ2) is 15.1. The fraction of sp³-hybridized carbons (Fsp3) is 0.121. The number of rotatable bonds is 12. The Morgan fingerprint density at radius 2 is 1.43 bits per heavy atom. The molecule has 9 heteroatoms. The molecule has 0 aromatic heterocycles. The van der Waals surface area contributed by atoms with E-state index in [1.165, 1.54) is 18.9 Å². The number of para-hydroxylation sites is 1. The van der Waals surface area contributed by atoms with Crippen LogP contribution in [0.1, 0.15) is 22.8 Å². The molecule has 214 valence electrons. The van der Waals surface area contributed by atoms with Crippen LogP contribution in [0.5, 0.6) is 11.5 Å². The molecule has 0 spiro atoms. The Bertz CT molecular complexity index is 1540. The third-order valence-electron chi connectivity index (χ3n) is 5.90. The molecule has 0 aliphatic rings. The molecule has 0 unspecified atom stereocenters.